The molecule has 147 valence electrons. The Balaban J connectivity index is 0.00000146. The third-order valence-electron chi connectivity index (χ3n) is 2.90. The van der Waals surface area contributed by atoms with Gasteiger partial charge in [0, 0.05) is 51.9 Å². The zero-order valence-corrected chi connectivity index (χ0v) is 17.7. The molecule has 5 N–H and O–H groups in total. The van der Waals surface area contributed by atoms with Crippen LogP contribution in [-0.4, -0.2) is 56.9 Å². The quantitative estimate of drug-likeness (QED) is 0.313. The van der Waals surface area contributed by atoms with Crippen molar-refractivity contribution in [3.05, 3.63) is 22.7 Å². The zero-order valence-electron chi connectivity index (χ0n) is 14.0. The number of hydrogen-bond donors (Lipinski definition) is 4. The number of alkyl halides is 1. The molecule has 1 radical (unpaired) electrons. The molecule has 11 nitrogen and oxygen atoms in total. The van der Waals surface area contributed by atoms with Crippen LogP contribution in [0.4, 0.5) is 10.2 Å². The number of nitrogens with zero attached hydrogens (tertiary/aromatic N) is 2. The van der Waals surface area contributed by atoms with Gasteiger partial charge in [0.25, 0.3) is 0 Å². The first kappa shape index (κ1) is 25.7. The summed E-state index contributed by atoms with van der Waals surface area (Å²) < 4.78 is 40.0. The third kappa shape index (κ3) is 8.16. The maximum Gasteiger partial charge on any atom is 0.474 e. The predicted molar refractivity (Wildman–Crippen MR) is 83.0 cm³/mol. The molecule has 0 spiro atoms. The van der Waals surface area contributed by atoms with E-state index >= 15 is 0 Å². The Morgan fingerprint density at radius 3 is 2.65 bits per heavy atom. The van der Waals surface area contributed by atoms with Gasteiger partial charge in [0.15, 0.2) is 13.0 Å². The van der Waals surface area contributed by atoms with Crippen molar-refractivity contribution in [3.63, 3.8) is 0 Å². The molecule has 0 bridgehead atoms. The number of aromatic nitrogens is 2. The van der Waals surface area contributed by atoms with Gasteiger partial charge in [0.2, 0.25) is 0 Å². The smallest absolute Gasteiger partial charge is 0.397 e. The summed E-state index contributed by atoms with van der Waals surface area (Å²) >= 11 is 0. The molecular formula is C12H21FN3O8PY. The summed E-state index contributed by atoms with van der Waals surface area (Å²) in [6, 6.07) is 1.32. The second-order valence-electron chi connectivity index (χ2n) is 4.78. The van der Waals surface area contributed by atoms with E-state index in [0.29, 0.717) is 0 Å². The molecule has 1 aliphatic heterocycles. The normalized spacial score (nSPS) is 24.1. The van der Waals surface area contributed by atoms with Crippen LogP contribution in [0.2, 0.25) is 0 Å². The van der Waals surface area contributed by atoms with Crippen LogP contribution in [0.3, 0.4) is 0 Å². The standard InChI is InChI=1S/C10H15FN3O7P.C2H6O.Y/c11-7-3-6(4-19-22(17,18)20-5-15)21-9(7)14-2-1-8(12)13-10(14)16;1-2-3;/h1-2,6-7,9,15H,3-5H2,(H,17,18)(H2,12,13,16);3H,2H2,1H3;. The molecule has 0 saturated carbocycles. The summed E-state index contributed by atoms with van der Waals surface area (Å²) in [6.45, 7) is 0.488. The Hall–Kier alpha value is -0.296. The predicted octanol–water partition coefficient (Wildman–Crippen LogP) is -0.469. The molecule has 4 unspecified atom stereocenters. The monoisotopic (exact) mass is 474 g/mol. The van der Waals surface area contributed by atoms with Gasteiger partial charge in [0.1, 0.15) is 12.0 Å². The van der Waals surface area contributed by atoms with Crippen molar-refractivity contribution >= 4 is 13.6 Å². The van der Waals surface area contributed by atoms with E-state index < -0.39 is 45.4 Å². The maximum absolute atomic E-state index is 14.0. The van der Waals surface area contributed by atoms with E-state index in [1.54, 1.807) is 6.92 Å². The van der Waals surface area contributed by atoms with Gasteiger partial charge in [-0.3, -0.25) is 13.6 Å². The number of anilines is 1. The fourth-order valence-corrected chi connectivity index (χ4v) is 2.53. The van der Waals surface area contributed by atoms with Gasteiger partial charge in [0.05, 0.1) is 12.7 Å². The van der Waals surface area contributed by atoms with Gasteiger partial charge >= 0.3 is 13.5 Å². The summed E-state index contributed by atoms with van der Waals surface area (Å²) in [6.07, 6.45) is -2.54. The Kier molecular flexibility index (Phi) is 12.1. The van der Waals surface area contributed by atoms with E-state index in [-0.39, 0.29) is 51.6 Å². The number of ether oxygens (including phenoxy) is 1. The second-order valence-corrected chi connectivity index (χ2v) is 6.23. The van der Waals surface area contributed by atoms with Crippen LogP contribution in [0.1, 0.15) is 19.6 Å². The van der Waals surface area contributed by atoms with Gasteiger partial charge in [-0.2, -0.15) is 4.98 Å². The van der Waals surface area contributed by atoms with Gasteiger partial charge in [-0.25, -0.2) is 13.8 Å². The number of nitrogens with two attached hydrogens (primary N) is 1. The van der Waals surface area contributed by atoms with Crippen LogP contribution in [0.15, 0.2) is 17.1 Å². The summed E-state index contributed by atoms with van der Waals surface area (Å²) in [5.41, 5.74) is 4.57. The summed E-state index contributed by atoms with van der Waals surface area (Å²) in [5.74, 6) is -0.00286. The van der Waals surface area contributed by atoms with E-state index in [4.69, 9.17) is 25.6 Å². The molecule has 1 saturated heterocycles. The van der Waals surface area contributed by atoms with E-state index in [2.05, 4.69) is 14.0 Å². The van der Waals surface area contributed by atoms with Gasteiger partial charge in [-0.1, -0.05) is 0 Å². The van der Waals surface area contributed by atoms with Crippen LogP contribution >= 0.6 is 7.82 Å². The third-order valence-corrected chi connectivity index (χ3v) is 3.82. The van der Waals surface area contributed by atoms with Crippen molar-refractivity contribution in [2.75, 3.05) is 25.7 Å². The number of aliphatic hydroxyl groups excluding tert-OH is 2. The minimum Gasteiger partial charge on any atom is -0.397 e. The first-order valence-corrected chi connectivity index (χ1v) is 8.71. The van der Waals surface area contributed by atoms with Gasteiger partial charge < -0.3 is 25.6 Å². The Morgan fingerprint density at radius 1 is 1.50 bits per heavy atom. The maximum atomic E-state index is 14.0. The molecule has 26 heavy (non-hydrogen) atoms. The minimum absolute atomic E-state index is 0. The Morgan fingerprint density at radius 2 is 2.12 bits per heavy atom. The SMILES string of the molecule is CCO.Nc1ccn(C2OC(COP(=O)(O)OCO)CC2F)c(=O)n1.[Y]. The van der Waals surface area contributed by atoms with E-state index in [1.807, 2.05) is 0 Å². The van der Waals surface area contributed by atoms with Gasteiger partial charge in [-0.05, 0) is 13.0 Å². The number of phosphoric acid groups is 1. The van der Waals surface area contributed by atoms with E-state index in [9.17, 15) is 13.8 Å². The number of rotatable bonds is 6. The van der Waals surface area contributed by atoms with Crippen molar-refractivity contribution in [2.24, 2.45) is 0 Å². The number of hydrogen-bond acceptors (Lipinski definition) is 9. The molecule has 1 fully saturated rings. The van der Waals surface area contributed by atoms with Crippen LogP contribution in [0, 0.1) is 0 Å². The molecule has 1 aliphatic rings. The Labute approximate surface area is 173 Å². The van der Waals surface area contributed by atoms with Crippen LogP contribution in [-0.2, 0) is 51.1 Å². The number of halogens is 1. The first-order chi connectivity index (χ1) is 11.7. The topological polar surface area (TPSA) is 166 Å². The van der Waals surface area contributed by atoms with Crippen LogP contribution < -0.4 is 11.4 Å². The number of aliphatic hydroxyl groups is 2. The summed E-state index contributed by atoms with van der Waals surface area (Å²) in [7, 11) is -4.42. The summed E-state index contributed by atoms with van der Waals surface area (Å²) in [5, 5.41) is 16.0. The van der Waals surface area contributed by atoms with Crippen LogP contribution in [0.25, 0.3) is 0 Å². The molecule has 0 amide bonds. The average Bonchev–Trinajstić information content (AvgIpc) is 2.87. The first-order valence-electron chi connectivity index (χ1n) is 7.21. The number of nitrogen functional groups attached to an aromatic ring is 1. The molecule has 0 aromatic carbocycles. The minimum atomic E-state index is -4.42. The van der Waals surface area contributed by atoms with E-state index in [0.717, 1.165) is 4.57 Å². The fourth-order valence-electron chi connectivity index (χ4n) is 1.96. The van der Waals surface area contributed by atoms with Crippen molar-refractivity contribution in [1.82, 2.24) is 9.55 Å². The van der Waals surface area contributed by atoms with Crippen molar-refractivity contribution in [2.45, 2.75) is 31.8 Å². The molecule has 4 atom stereocenters. The summed E-state index contributed by atoms with van der Waals surface area (Å²) in [4.78, 5) is 24.2. The molecule has 2 rings (SSSR count). The fraction of sp³-hybridized carbons (Fsp3) is 0.667. The zero-order chi connectivity index (χ0) is 19.0. The van der Waals surface area contributed by atoms with Crippen molar-refractivity contribution in [1.29, 1.82) is 0 Å². The molecule has 2 heterocycles. The van der Waals surface area contributed by atoms with Crippen molar-refractivity contribution < 1.29 is 70.6 Å². The molecule has 0 aliphatic carbocycles. The van der Waals surface area contributed by atoms with E-state index in [1.165, 1.54) is 12.3 Å². The van der Waals surface area contributed by atoms with Crippen LogP contribution in [0.5, 0.6) is 0 Å². The molecule has 14 heteroatoms. The Bertz CT molecular complexity index is 651. The number of phosphoric ester groups is 1. The molecule has 1 aromatic heterocycles. The second kappa shape index (κ2) is 12.2. The van der Waals surface area contributed by atoms with Gasteiger partial charge in [-0.15, -0.1) is 0 Å². The average molecular weight is 474 g/mol. The largest absolute Gasteiger partial charge is 0.474 e. The molecular weight excluding hydrogens is 453 g/mol. The molecule has 1 aromatic rings. The van der Waals surface area contributed by atoms with Crippen molar-refractivity contribution in [3.8, 4) is 0 Å².